The van der Waals surface area contributed by atoms with Crippen molar-refractivity contribution in [1.82, 2.24) is 4.90 Å². The number of urea groups is 1. The van der Waals surface area contributed by atoms with E-state index in [2.05, 4.69) is 11.2 Å². The first-order valence-electron chi connectivity index (χ1n) is 5.92. The summed E-state index contributed by atoms with van der Waals surface area (Å²) in [5.41, 5.74) is 1.54. The number of nitrogens with one attached hydrogen (secondary N) is 1. The predicted octanol–water partition coefficient (Wildman–Crippen LogP) is 2.69. The molecule has 0 unspecified atom stereocenters. The summed E-state index contributed by atoms with van der Waals surface area (Å²) in [4.78, 5) is 13.8. The zero-order chi connectivity index (χ0) is 12.1. The van der Waals surface area contributed by atoms with Crippen LogP contribution in [0.2, 0.25) is 0 Å². The Morgan fingerprint density at radius 2 is 2.06 bits per heavy atom. The van der Waals surface area contributed by atoms with Crippen molar-refractivity contribution in [2.24, 2.45) is 0 Å². The molecule has 1 aromatic rings. The summed E-state index contributed by atoms with van der Waals surface area (Å²) in [6.07, 6.45) is 8.73. The Bertz CT molecular complexity index is 442. The van der Waals surface area contributed by atoms with Gasteiger partial charge < -0.3 is 10.2 Å². The van der Waals surface area contributed by atoms with Crippen molar-refractivity contribution >= 4 is 11.7 Å². The molecule has 2 rings (SSSR count). The van der Waals surface area contributed by atoms with Gasteiger partial charge in [-0.25, -0.2) is 4.79 Å². The summed E-state index contributed by atoms with van der Waals surface area (Å²) in [5, 5.41) is 2.88. The maximum Gasteiger partial charge on any atom is 0.321 e. The van der Waals surface area contributed by atoms with E-state index in [1.807, 2.05) is 29.2 Å². The van der Waals surface area contributed by atoms with Gasteiger partial charge in [0.1, 0.15) is 0 Å². The standard InChI is InChI=1S/C14H16N2O/c1-2-12-7-6-8-13(11-12)15-14(17)16-9-4-3-5-10-16/h1,6-8,11H,3-5,9-10H2,(H,15,17). The van der Waals surface area contributed by atoms with Gasteiger partial charge in [-0.2, -0.15) is 0 Å². The fourth-order valence-electron chi connectivity index (χ4n) is 1.99. The van der Waals surface area contributed by atoms with Gasteiger partial charge in [0, 0.05) is 24.3 Å². The van der Waals surface area contributed by atoms with Crippen LogP contribution in [0.25, 0.3) is 0 Å². The van der Waals surface area contributed by atoms with Crippen LogP contribution in [-0.2, 0) is 0 Å². The second kappa shape index (κ2) is 5.40. The van der Waals surface area contributed by atoms with Gasteiger partial charge in [-0.05, 0) is 37.5 Å². The fraction of sp³-hybridized carbons (Fsp3) is 0.357. The van der Waals surface area contributed by atoms with E-state index in [1.54, 1.807) is 0 Å². The van der Waals surface area contributed by atoms with Crippen LogP contribution in [-0.4, -0.2) is 24.0 Å². The normalized spacial score (nSPS) is 15.1. The fourth-order valence-corrected chi connectivity index (χ4v) is 1.99. The molecule has 0 aromatic heterocycles. The average Bonchev–Trinajstić information content (AvgIpc) is 2.40. The number of anilines is 1. The van der Waals surface area contributed by atoms with E-state index in [0.717, 1.165) is 37.2 Å². The van der Waals surface area contributed by atoms with Crippen molar-refractivity contribution in [2.45, 2.75) is 19.3 Å². The molecule has 1 heterocycles. The van der Waals surface area contributed by atoms with Crippen LogP contribution in [0.3, 0.4) is 0 Å². The number of piperidine rings is 1. The molecular weight excluding hydrogens is 212 g/mol. The average molecular weight is 228 g/mol. The molecule has 1 aliphatic heterocycles. The van der Waals surface area contributed by atoms with Crippen molar-refractivity contribution in [3.8, 4) is 12.3 Å². The Labute approximate surface area is 102 Å². The van der Waals surface area contributed by atoms with E-state index in [0.29, 0.717) is 0 Å². The summed E-state index contributed by atoms with van der Waals surface area (Å²) in [6.45, 7) is 1.70. The number of likely N-dealkylation sites (tertiary alicyclic amines) is 1. The van der Waals surface area contributed by atoms with Crippen molar-refractivity contribution in [3.05, 3.63) is 29.8 Å². The molecule has 1 aliphatic rings. The largest absolute Gasteiger partial charge is 0.325 e. The molecule has 1 fully saturated rings. The molecular formula is C14H16N2O. The predicted molar refractivity (Wildman–Crippen MR) is 68.8 cm³/mol. The molecule has 0 radical (unpaired) electrons. The van der Waals surface area contributed by atoms with Crippen molar-refractivity contribution in [3.63, 3.8) is 0 Å². The van der Waals surface area contributed by atoms with E-state index in [9.17, 15) is 4.79 Å². The molecule has 1 saturated heterocycles. The molecule has 3 heteroatoms. The van der Waals surface area contributed by atoms with Crippen LogP contribution < -0.4 is 5.32 Å². The van der Waals surface area contributed by atoms with Crippen molar-refractivity contribution < 1.29 is 4.79 Å². The van der Waals surface area contributed by atoms with E-state index >= 15 is 0 Å². The highest BCUT2D eigenvalue weighted by Crippen LogP contribution is 2.13. The Morgan fingerprint density at radius 3 is 2.76 bits per heavy atom. The Morgan fingerprint density at radius 1 is 1.29 bits per heavy atom. The molecule has 0 spiro atoms. The number of carbonyl (C=O) groups is 1. The Kier molecular flexibility index (Phi) is 3.66. The molecule has 0 aliphatic carbocycles. The molecule has 17 heavy (non-hydrogen) atoms. The molecule has 2 amide bonds. The van der Waals surface area contributed by atoms with Crippen LogP contribution in [0, 0.1) is 12.3 Å². The van der Waals surface area contributed by atoms with Crippen LogP contribution in [0.4, 0.5) is 10.5 Å². The van der Waals surface area contributed by atoms with Crippen LogP contribution >= 0.6 is 0 Å². The van der Waals surface area contributed by atoms with Gasteiger partial charge in [0.15, 0.2) is 0 Å². The molecule has 0 atom stereocenters. The first-order chi connectivity index (χ1) is 8.29. The Balaban J connectivity index is 1.99. The second-order valence-electron chi connectivity index (χ2n) is 4.20. The molecule has 1 N–H and O–H groups in total. The van der Waals surface area contributed by atoms with Crippen LogP contribution in [0.1, 0.15) is 24.8 Å². The highest BCUT2D eigenvalue weighted by molar-refractivity contribution is 5.89. The van der Waals surface area contributed by atoms with Gasteiger partial charge in [-0.15, -0.1) is 6.42 Å². The molecule has 88 valence electrons. The minimum atomic E-state index is -0.0288. The summed E-state index contributed by atoms with van der Waals surface area (Å²) in [5.74, 6) is 2.56. The zero-order valence-corrected chi connectivity index (χ0v) is 9.78. The number of hydrogen-bond acceptors (Lipinski definition) is 1. The first kappa shape index (κ1) is 11.5. The first-order valence-corrected chi connectivity index (χ1v) is 5.92. The van der Waals surface area contributed by atoms with Gasteiger partial charge in [0.05, 0.1) is 0 Å². The topological polar surface area (TPSA) is 32.3 Å². The summed E-state index contributed by atoms with van der Waals surface area (Å²) >= 11 is 0. The maximum absolute atomic E-state index is 11.9. The lowest BCUT2D eigenvalue weighted by Crippen LogP contribution is -2.38. The number of hydrogen-bond donors (Lipinski definition) is 1. The number of rotatable bonds is 1. The number of benzene rings is 1. The highest BCUT2D eigenvalue weighted by atomic mass is 16.2. The lowest BCUT2D eigenvalue weighted by atomic mass is 10.1. The zero-order valence-electron chi connectivity index (χ0n) is 9.78. The number of terminal acetylenes is 1. The third-order valence-electron chi connectivity index (χ3n) is 2.92. The lowest BCUT2D eigenvalue weighted by Gasteiger charge is -2.26. The Hall–Kier alpha value is -1.95. The molecule has 0 saturated carbocycles. The number of amides is 2. The van der Waals surface area contributed by atoms with Crippen molar-refractivity contribution in [1.29, 1.82) is 0 Å². The lowest BCUT2D eigenvalue weighted by molar-refractivity contribution is 0.200. The van der Waals surface area contributed by atoms with Gasteiger partial charge in [-0.1, -0.05) is 12.0 Å². The van der Waals surface area contributed by atoms with Gasteiger partial charge in [-0.3, -0.25) is 0 Å². The monoisotopic (exact) mass is 228 g/mol. The molecule has 3 nitrogen and oxygen atoms in total. The van der Waals surface area contributed by atoms with Gasteiger partial charge >= 0.3 is 6.03 Å². The summed E-state index contributed by atoms with van der Waals surface area (Å²) < 4.78 is 0. The smallest absolute Gasteiger partial charge is 0.321 e. The SMILES string of the molecule is C#Cc1cccc(NC(=O)N2CCCCC2)c1. The maximum atomic E-state index is 11.9. The van der Waals surface area contributed by atoms with Crippen LogP contribution in [0.5, 0.6) is 0 Å². The molecule has 1 aromatic carbocycles. The summed E-state index contributed by atoms with van der Waals surface area (Å²) in [7, 11) is 0. The third-order valence-corrected chi connectivity index (χ3v) is 2.92. The minimum Gasteiger partial charge on any atom is -0.325 e. The highest BCUT2D eigenvalue weighted by Gasteiger charge is 2.16. The third kappa shape index (κ3) is 3.01. The van der Waals surface area contributed by atoms with E-state index in [-0.39, 0.29) is 6.03 Å². The van der Waals surface area contributed by atoms with E-state index < -0.39 is 0 Å². The number of carbonyl (C=O) groups excluding carboxylic acids is 1. The van der Waals surface area contributed by atoms with Gasteiger partial charge in [0.2, 0.25) is 0 Å². The van der Waals surface area contributed by atoms with Crippen molar-refractivity contribution in [2.75, 3.05) is 18.4 Å². The number of nitrogens with zero attached hydrogens (tertiary/aromatic N) is 1. The second-order valence-corrected chi connectivity index (χ2v) is 4.20. The quantitative estimate of drug-likeness (QED) is 0.736. The van der Waals surface area contributed by atoms with Crippen LogP contribution in [0.15, 0.2) is 24.3 Å². The minimum absolute atomic E-state index is 0.0288. The summed E-state index contributed by atoms with van der Waals surface area (Å²) in [6, 6.07) is 7.32. The van der Waals surface area contributed by atoms with E-state index in [1.165, 1.54) is 6.42 Å². The van der Waals surface area contributed by atoms with Gasteiger partial charge in [0.25, 0.3) is 0 Å². The molecule has 0 bridgehead atoms. The van der Waals surface area contributed by atoms with E-state index in [4.69, 9.17) is 6.42 Å².